The molecule has 4 aliphatic carbocycles. The van der Waals surface area contributed by atoms with E-state index in [1.54, 1.807) is 24.3 Å². The molecule has 3 saturated carbocycles. The van der Waals surface area contributed by atoms with Gasteiger partial charge in [0, 0.05) is 5.92 Å². The molecule has 41 heavy (non-hydrogen) atoms. The highest BCUT2D eigenvalue weighted by Gasteiger charge is 2.42. The lowest BCUT2D eigenvalue weighted by atomic mass is 9.70. The van der Waals surface area contributed by atoms with Crippen LogP contribution in [0, 0.1) is 17.8 Å². The summed E-state index contributed by atoms with van der Waals surface area (Å²) in [5, 5.41) is 0. The molecule has 4 aliphatic rings. The fourth-order valence-electron chi connectivity index (χ4n) is 7.52. The summed E-state index contributed by atoms with van der Waals surface area (Å²) in [6.45, 7) is 0. The fraction of sp³-hybridized carbons (Fsp3) is 0.543. The summed E-state index contributed by atoms with van der Waals surface area (Å²) in [7, 11) is 0. The normalized spacial score (nSPS) is 20.6. The zero-order chi connectivity index (χ0) is 28.3. The van der Waals surface area contributed by atoms with E-state index in [1.165, 1.54) is 0 Å². The Kier molecular flexibility index (Phi) is 8.36. The van der Waals surface area contributed by atoms with Crippen molar-refractivity contribution >= 4 is 23.5 Å². The van der Waals surface area contributed by atoms with Crippen LogP contribution in [0.25, 0.3) is 0 Å². The number of rotatable bonds is 6. The molecule has 0 heterocycles. The lowest BCUT2D eigenvalue weighted by Gasteiger charge is -2.32. The second kappa shape index (κ2) is 12.3. The summed E-state index contributed by atoms with van der Waals surface area (Å²) in [6, 6.07) is 10.5. The van der Waals surface area contributed by atoms with Gasteiger partial charge in [-0.2, -0.15) is 0 Å². The van der Waals surface area contributed by atoms with Crippen LogP contribution in [0.4, 0.5) is 0 Å². The first kappa shape index (κ1) is 27.9. The van der Waals surface area contributed by atoms with E-state index < -0.39 is 5.92 Å². The Labute approximate surface area is 242 Å². The smallest absolute Gasteiger partial charge is 0.314 e. The second-order valence-corrected chi connectivity index (χ2v) is 12.5. The van der Waals surface area contributed by atoms with Crippen molar-refractivity contribution in [3.63, 3.8) is 0 Å². The van der Waals surface area contributed by atoms with Crippen molar-refractivity contribution < 1.29 is 28.7 Å². The summed E-state index contributed by atoms with van der Waals surface area (Å²) in [5.74, 6) is -1.64. The van der Waals surface area contributed by atoms with Gasteiger partial charge >= 0.3 is 11.9 Å². The average molecular weight is 557 g/mol. The summed E-state index contributed by atoms with van der Waals surface area (Å²) >= 11 is 0. The van der Waals surface area contributed by atoms with Gasteiger partial charge in [0.25, 0.3) is 0 Å². The summed E-state index contributed by atoms with van der Waals surface area (Å²) in [6.07, 6.45) is 14.2. The Balaban J connectivity index is 1.41. The minimum atomic E-state index is -0.678. The van der Waals surface area contributed by atoms with Crippen LogP contribution in [0.2, 0.25) is 0 Å². The van der Waals surface area contributed by atoms with Gasteiger partial charge in [0.05, 0.1) is 28.9 Å². The molecule has 216 valence electrons. The third-order valence-corrected chi connectivity index (χ3v) is 9.78. The first-order valence-electron chi connectivity index (χ1n) is 15.8. The van der Waals surface area contributed by atoms with Gasteiger partial charge in [-0.05, 0) is 61.8 Å². The molecule has 6 heteroatoms. The summed E-state index contributed by atoms with van der Waals surface area (Å²) in [5.41, 5.74) is 1.67. The van der Waals surface area contributed by atoms with Crippen LogP contribution in [-0.2, 0) is 14.4 Å². The van der Waals surface area contributed by atoms with Crippen molar-refractivity contribution in [2.75, 3.05) is 0 Å². The van der Waals surface area contributed by atoms with E-state index in [1.807, 2.05) is 12.1 Å². The van der Waals surface area contributed by atoms with Crippen molar-refractivity contribution in [3.05, 3.63) is 58.7 Å². The Morgan fingerprint density at radius 1 is 0.537 bits per heavy atom. The molecule has 0 N–H and O–H groups in total. The summed E-state index contributed by atoms with van der Waals surface area (Å²) < 4.78 is 11.9. The van der Waals surface area contributed by atoms with E-state index in [9.17, 15) is 19.2 Å². The lowest BCUT2D eigenvalue weighted by molar-refractivity contribution is -0.140. The number of ether oxygens (including phenoxy) is 2. The number of carbonyl (C=O) groups excluding carboxylic acids is 4. The highest BCUT2D eigenvalue weighted by molar-refractivity contribution is 6.18. The molecule has 0 aromatic heterocycles. The van der Waals surface area contributed by atoms with Crippen LogP contribution in [0.3, 0.4) is 0 Å². The van der Waals surface area contributed by atoms with Crippen LogP contribution in [0.15, 0.2) is 36.4 Å². The van der Waals surface area contributed by atoms with Gasteiger partial charge in [-0.1, -0.05) is 82.1 Å². The number of Topliss-reactive ketones (excluding diaryl/α,β-unsaturated/α-hetero) is 1. The van der Waals surface area contributed by atoms with Crippen molar-refractivity contribution in [1.82, 2.24) is 0 Å². The maximum absolute atomic E-state index is 14.3. The molecular formula is C35H40O6. The molecule has 0 amide bonds. The van der Waals surface area contributed by atoms with Crippen molar-refractivity contribution in [1.29, 1.82) is 0 Å². The molecule has 0 saturated heterocycles. The number of benzene rings is 2. The van der Waals surface area contributed by atoms with Gasteiger partial charge in [-0.15, -0.1) is 0 Å². The monoisotopic (exact) mass is 556 g/mol. The third kappa shape index (κ3) is 5.62. The standard InChI is InChI=1S/C35H40O6/c36-32(22-12-4-1-5-13-22)29-25-18-10-20-27(40-34(38)23-14-6-2-7-15-23)30(25)33(37)31-26(29)19-11-21-28(31)41-35(39)24-16-8-3-9-17-24/h10-11,18-24,29H,1-9,12-17H2. The minimum absolute atomic E-state index is 0.0891. The van der Waals surface area contributed by atoms with E-state index in [-0.39, 0.29) is 63.9 Å². The Morgan fingerprint density at radius 3 is 1.34 bits per heavy atom. The maximum atomic E-state index is 14.3. The Morgan fingerprint density at radius 2 is 0.927 bits per heavy atom. The molecule has 2 aromatic carbocycles. The molecule has 2 aromatic rings. The van der Waals surface area contributed by atoms with E-state index >= 15 is 0 Å². The predicted molar refractivity (Wildman–Crippen MR) is 154 cm³/mol. The van der Waals surface area contributed by atoms with Gasteiger partial charge < -0.3 is 9.47 Å². The lowest BCUT2D eigenvalue weighted by Crippen LogP contribution is -2.32. The number of hydrogen-bond donors (Lipinski definition) is 0. The molecule has 6 nitrogen and oxygen atoms in total. The fourth-order valence-corrected chi connectivity index (χ4v) is 7.52. The molecule has 3 fully saturated rings. The van der Waals surface area contributed by atoms with Crippen molar-refractivity contribution in [2.45, 2.75) is 102 Å². The van der Waals surface area contributed by atoms with Gasteiger partial charge in [0.15, 0.2) is 0 Å². The zero-order valence-electron chi connectivity index (χ0n) is 23.8. The molecule has 0 bridgehead atoms. The maximum Gasteiger partial charge on any atom is 0.314 e. The third-order valence-electron chi connectivity index (χ3n) is 9.78. The van der Waals surface area contributed by atoms with Crippen LogP contribution in [0.5, 0.6) is 11.5 Å². The second-order valence-electron chi connectivity index (χ2n) is 12.5. The van der Waals surface area contributed by atoms with Gasteiger partial charge in [-0.25, -0.2) is 0 Å². The Bertz CT molecular complexity index is 1240. The van der Waals surface area contributed by atoms with Crippen LogP contribution >= 0.6 is 0 Å². The predicted octanol–water partition coefficient (Wildman–Crippen LogP) is 7.48. The molecule has 0 aliphatic heterocycles. The summed E-state index contributed by atoms with van der Waals surface area (Å²) in [4.78, 5) is 54.9. The highest BCUT2D eigenvalue weighted by Crippen LogP contribution is 2.46. The first-order chi connectivity index (χ1) is 20.0. The molecular weight excluding hydrogens is 516 g/mol. The van der Waals surface area contributed by atoms with E-state index in [0.717, 1.165) is 96.3 Å². The molecule has 0 spiro atoms. The van der Waals surface area contributed by atoms with Crippen molar-refractivity contribution in [2.24, 2.45) is 17.8 Å². The van der Waals surface area contributed by atoms with Gasteiger partial charge in [0.2, 0.25) is 5.78 Å². The molecule has 0 radical (unpaired) electrons. The number of hydrogen-bond acceptors (Lipinski definition) is 6. The molecule has 0 unspecified atom stereocenters. The van der Waals surface area contributed by atoms with E-state index in [0.29, 0.717) is 11.1 Å². The zero-order valence-corrected chi connectivity index (χ0v) is 23.8. The first-order valence-corrected chi connectivity index (χ1v) is 15.8. The van der Waals surface area contributed by atoms with Crippen molar-refractivity contribution in [3.8, 4) is 11.5 Å². The topological polar surface area (TPSA) is 86.7 Å². The van der Waals surface area contributed by atoms with E-state index in [2.05, 4.69) is 0 Å². The minimum Gasteiger partial charge on any atom is -0.426 e. The van der Waals surface area contributed by atoms with Crippen LogP contribution in [0.1, 0.15) is 129 Å². The SMILES string of the molecule is O=C1c2c(OC(=O)C3CCCCC3)cccc2C(C(=O)C2CCCCC2)c2cccc(OC(=O)C3CCCCC3)c21. The highest BCUT2D eigenvalue weighted by atomic mass is 16.5. The Hall–Kier alpha value is -3.28. The number of esters is 2. The van der Waals surface area contributed by atoms with Crippen LogP contribution in [-0.4, -0.2) is 23.5 Å². The van der Waals surface area contributed by atoms with Crippen LogP contribution < -0.4 is 9.47 Å². The average Bonchev–Trinajstić information content (AvgIpc) is 3.02. The van der Waals surface area contributed by atoms with E-state index in [4.69, 9.17) is 9.47 Å². The largest absolute Gasteiger partial charge is 0.426 e. The molecule has 6 rings (SSSR count). The number of ketones is 2. The quantitative estimate of drug-likeness (QED) is 0.271. The van der Waals surface area contributed by atoms with Gasteiger partial charge in [0.1, 0.15) is 17.3 Å². The number of fused-ring (bicyclic) bond motifs is 2. The molecule has 0 atom stereocenters. The number of carbonyl (C=O) groups is 4. The van der Waals surface area contributed by atoms with Gasteiger partial charge in [-0.3, -0.25) is 19.2 Å².